The second-order valence-electron chi connectivity index (χ2n) is 6.69. The molecule has 4 rings (SSSR count). The average Bonchev–Trinajstić information content (AvgIpc) is 3.35. The third kappa shape index (κ3) is 3.99. The van der Waals surface area contributed by atoms with E-state index in [9.17, 15) is 4.79 Å². The van der Waals surface area contributed by atoms with Crippen molar-refractivity contribution in [1.82, 2.24) is 14.8 Å². The minimum Gasteiger partial charge on any atom is -0.347 e. The Morgan fingerprint density at radius 3 is 2.59 bits per heavy atom. The smallest absolute Gasteiger partial charge is 0.227 e. The first kappa shape index (κ1) is 18.0. The van der Waals surface area contributed by atoms with E-state index in [1.54, 1.807) is 11.3 Å². The van der Waals surface area contributed by atoms with Crippen molar-refractivity contribution in [3.63, 3.8) is 0 Å². The number of aryl methyl sites for hydroxylation is 1. The standard InChI is InChI=1S/C19H20ClN5OS/c1-13-4-5-16(15(20)12-13)21-17(26)14-6-10-25(11-7-14)19-23-22-18(27-19)24-8-2-3-9-24/h2-5,8-9,12,14H,6-7,10-11H2,1H3,(H,21,26). The first-order valence-electron chi connectivity index (χ1n) is 8.89. The fourth-order valence-electron chi connectivity index (χ4n) is 3.19. The Hall–Kier alpha value is -2.38. The molecule has 0 saturated carbocycles. The van der Waals surface area contributed by atoms with Crippen LogP contribution in [0.4, 0.5) is 10.8 Å². The number of carbonyl (C=O) groups excluding carboxylic acids is 1. The number of nitrogens with zero attached hydrogens (tertiary/aromatic N) is 4. The fraction of sp³-hybridized carbons (Fsp3) is 0.316. The zero-order chi connectivity index (χ0) is 18.8. The van der Waals surface area contributed by atoms with Gasteiger partial charge in [-0.15, -0.1) is 10.2 Å². The van der Waals surface area contributed by atoms with E-state index in [4.69, 9.17) is 11.6 Å². The van der Waals surface area contributed by atoms with E-state index in [2.05, 4.69) is 20.4 Å². The molecule has 0 radical (unpaired) electrons. The Bertz CT molecular complexity index is 931. The van der Waals surface area contributed by atoms with Crippen LogP contribution < -0.4 is 10.2 Å². The molecule has 1 aliphatic heterocycles. The molecule has 1 fully saturated rings. The number of nitrogens with one attached hydrogen (secondary N) is 1. The van der Waals surface area contributed by atoms with Gasteiger partial charge in [0.25, 0.3) is 0 Å². The Morgan fingerprint density at radius 1 is 1.19 bits per heavy atom. The number of rotatable bonds is 4. The van der Waals surface area contributed by atoms with Gasteiger partial charge in [0.2, 0.25) is 16.2 Å². The number of hydrogen-bond acceptors (Lipinski definition) is 5. The van der Waals surface area contributed by atoms with E-state index in [-0.39, 0.29) is 11.8 Å². The lowest BCUT2D eigenvalue weighted by Gasteiger charge is -2.30. The molecule has 0 aliphatic carbocycles. The molecule has 1 aliphatic rings. The van der Waals surface area contributed by atoms with Crippen molar-refractivity contribution >= 4 is 39.7 Å². The summed E-state index contributed by atoms with van der Waals surface area (Å²) in [6, 6.07) is 9.59. The highest BCUT2D eigenvalue weighted by atomic mass is 35.5. The summed E-state index contributed by atoms with van der Waals surface area (Å²) in [6.07, 6.45) is 5.48. The third-order valence-corrected chi connectivity index (χ3v) is 6.06. The van der Waals surface area contributed by atoms with Gasteiger partial charge in [-0.25, -0.2) is 0 Å². The number of benzene rings is 1. The summed E-state index contributed by atoms with van der Waals surface area (Å²) < 4.78 is 1.95. The zero-order valence-electron chi connectivity index (χ0n) is 14.9. The molecule has 1 aromatic carbocycles. The summed E-state index contributed by atoms with van der Waals surface area (Å²) in [7, 11) is 0. The van der Waals surface area contributed by atoms with Crippen molar-refractivity contribution < 1.29 is 4.79 Å². The van der Waals surface area contributed by atoms with Crippen LogP contribution in [0.3, 0.4) is 0 Å². The maximum absolute atomic E-state index is 12.6. The number of hydrogen-bond donors (Lipinski definition) is 1. The number of carbonyl (C=O) groups is 1. The molecule has 140 valence electrons. The summed E-state index contributed by atoms with van der Waals surface area (Å²) in [4.78, 5) is 14.8. The van der Waals surface area contributed by atoms with Gasteiger partial charge in [0, 0.05) is 31.4 Å². The van der Waals surface area contributed by atoms with Crippen LogP contribution in [0.15, 0.2) is 42.7 Å². The van der Waals surface area contributed by atoms with Gasteiger partial charge in [-0.05, 0) is 49.6 Å². The molecule has 1 N–H and O–H groups in total. The minimum absolute atomic E-state index is 0.0181. The number of halogens is 1. The van der Waals surface area contributed by atoms with Crippen LogP contribution in [0.1, 0.15) is 18.4 Å². The zero-order valence-corrected chi connectivity index (χ0v) is 16.5. The second-order valence-corrected chi connectivity index (χ2v) is 8.03. The van der Waals surface area contributed by atoms with Crippen molar-refractivity contribution in [3.05, 3.63) is 53.3 Å². The van der Waals surface area contributed by atoms with Crippen LogP contribution in [-0.4, -0.2) is 33.8 Å². The maximum Gasteiger partial charge on any atom is 0.227 e. The molecule has 3 heterocycles. The molecule has 1 saturated heterocycles. The van der Waals surface area contributed by atoms with Crippen molar-refractivity contribution in [2.75, 3.05) is 23.3 Å². The molecule has 6 nitrogen and oxygen atoms in total. The van der Waals surface area contributed by atoms with E-state index >= 15 is 0 Å². The van der Waals surface area contributed by atoms with Crippen molar-refractivity contribution in [2.24, 2.45) is 5.92 Å². The van der Waals surface area contributed by atoms with Crippen LogP contribution in [0.5, 0.6) is 0 Å². The van der Waals surface area contributed by atoms with Crippen LogP contribution in [0, 0.1) is 12.8 Å². The summed E-state index contributed by atoms with van der Waals surface area (Å²) in [5.41, 5.74) is 1.75. The normalized spacial score (nSPS) is 15.1. The Morgan fingerprint density at radius 2 is 1.89 bits per heavy atom. The van der Waals surface area contributed by atoms with Crippen LogP contribution in [0.2, 0.25) is 5.02 Å². The van der Waals surface area contributed by atoms with Gasteiger partial charge >= 0.3 is 0 Å². The quantitative estimate of drug-likeness (QED) is 0.713. The van der Waals surface area contributed by atoms with Crippen molar-refractivity contribution in [1.29, 1.82) is 0 Å². The first-order chi connectivity index (χ1) is 13.1. The minimum atomic E-state index is -0.0181. The number of aromatic nitrogens is 3. The van der Waals surface area contributed by atoms with Gasteiger partial charge in [-0.1, -0.05) is 29.0 Å². The monoisotopic (exact) mass is 401 g/mol. The Balaban J connectivity index is 1.35. The highest BCUT2D eigenvalue weighted by Gasteiger charge is 2.27. The fourth-order valence-corrected chi connectivity index (χ4v) is 4.34. The highest BCUT2D eigenvalue weighted by Crippen LogP contribution is 2.29. The summed E-state index contributed by atoms with van der Waals surface area (Å²) in [5, 5.41) is 13.9. The lowest BCUT2D eigenvalue weighted by atomic mass is 9.96. The van der Waals surface area contributed by atoms with E-state index < -0.39 is 0 Å². The topological polar surface area (TPSA) is 63.1 Å². The number of amides is 1. The maximum atomic E-state index is 12.6. The molecule has 0 spiro atoms. The first-order valence-corrected chi connectivity index (χ1v) is 10.1. The number of anilines is 2. The SMILES string of the molecule is Cc1ccc(NC(=O)C2CCN(c3nnc(-n4cccc4)s3)CC2)c(Cl)c1. The molecule has 0 atom stereocenters. The molecule has 8 heteroatoms. The van der Waals surface area contributed by atoms with Crippen molar-refractivity contribution in [2.45, 2.75) is 19.8 Å². The van der Waals surface area contributed by atoms with Gasteiger partial charge in [0.1, 0.15) is 0 Å². The summed E-state index contributed by atoms with van der Waals surface area (Å²) in [6.45, 7) is 3.56. The second kappa shape index (κ2) is 7.70. The molecule has 0 unspecified atom stereocenters. The van der Waals surface area contributed by atoms with Crippen molar-refractivity contribution in [3.8, 4) is 5.13 Å². The predicted molar refractivity (Wildman–Crippen MR) is 109 cm³/mol. The summed E-state index contributed by atoms with van der Waals surface area (Å²) >= 11 is 7.78. The third-order valence-electron chi connectivity index (χ3n) is 4.75. The van der Waals surface area contributed by atoms with Crippen LogP contribution >= 0.6 is 22.9 Å². The van der Waals surface area contributed by atoms with E-state index in [0.717, 1.165) is 41.8 Å². The van der Waals surface area contributed by atoms with Gasteiger partial charge in [0.05, 0.1) is 10.7 Å². The predicted octanol–water partition coefficient (Wildman–Crippen LogP) is 4.15. The molecule has 3 aromatic rings. The molecule has 2 aromatic heterocycles. The van der Waals surface area contributed by atoms with Crippen LogP contribution in [0.25, 0.3) is 5.13 Å². The Kier molecular flexibility index (Phi) is 5.13. The lowest BCUT2D eigenvalue weighted by Crippen LogP contribution is -2.38. The highest BCUT2D eigenvalue weighted by molar-refractivity contribution is 7.17. The van der Waals surface area contributed by atoms with Gasteiger partial charge in [-0.2, -0.15) is 0 Å². The summed E-state index contributed by atoms with van der Waals surface area (Å²) in [5.74, 6) is 0.0150. The van der Waals surface area contributed by atoms with E-state index in [0.29, 0.717) is 10.7 Å². The molecular formula is C19H20ClN5OS. The largest absolute Gasteiger partial charge is 0.347 e. The average molecular weight is 402 g/mol. The van der Waals surface area contributed by atoms with Gasteiger partial charge in [-0.3, -0.25) is 9.36 Å². The van der Waals surface area contributed by atoms with E-state index in [1.807, 2.05) is 54.2 Å². The molecule has 27 heavy (non-hydrogen) atoms. The number of piperidine rings is 1. The Labute approximate surface area is 166 Å². The van der Waals surface area contributed by atoms with Gasteiger partial charge in [0.15, 0.2) is 0 Å². The van der Waals surface area contributed by atoms with E-state index in [1.165, 1.54) is 0 Å². The molecule has 1 amide bonds. The van der Waals surface area contributed by atoms with Gasteiger partial charge < -0.3 is 10.2 Å². The molecular weight excluding hydrogens is 382 g/mol. The van der Waals surface area contributed by atoms with Crippen LogP contribution in [-0.2, 0) is 4.79 Å². The lowest BCUT2D eigenvalue weighted by molar-refractivity contribution is -0.120. The molecule has 0 bridgehead atoms.